The van der Waals surface area contributed by atoms with Crippen LogP contribution in [-0.2, 0) is 4.79 Å². The minimum Gasteiger partial charge on any atom is -0.482 e. The van der Waals surface area contributed by atoms with Crippen LogP contribution in [0.5, 0.6) is 5.75 Å². The van der Waals surface area contributed by atoms with E-state index in [1.165, 1.54) is 4.90 Å². The Hall–Kier alpha value is -1.86. The summed E-state index contributed by atoms with van der Waals surface area (Å²) >= 11 is 6.83. The summed E-state index contributed by atoms with van der Waals surface area (Å²) in [4.78, 5) is 25.6. The fourth-order valence-corrected chi connectivity index (χ4v) is 3.75. The number of ether oxygens (including phenoxy) is 1. The average Bonchev–Trinajstić information content (AvgIpc) is 2.53. The maximum absolute atomic E-state index is 12.1. The molecule has 25 heavy (non-hydrogen) atoms. The van der Waals surface area contributed by atoms with E-state index in [1.807, 2.05) is 19.1 Å². The van der Waals surface area contributed by atoms with Gasteiger partial charge in [-0.25, -0.2) is 0 Å². The van der Waals surface area contributed by atoms with Gasteiger partial charge in [0.15, 0.2) is 6.61 Å². The topological polar surface area (TPSA) is 58.6 Å². The summed E-state index contributed by atoms with van der Waals surface area (Å²) in [7, 11) is 3.36. The van der Waals surface area contributed by atoms with Crippen molar-refractivity contribution < 1.29 is 14.3 Å². The second kappa shape index (κ2) is 8.49. The molecule has 0 fully saturated rings. The molecule has 0 radical (unpaired) electrons. The van der Waals surface area contributed by atoms with Crippen LogP contribution in [0.2, 0.25) is 0 Å². The van der Waals surface area contributed by atoms with E-state index in [9.17, 15) is 9.59 Å². The molecular weight excluding hydrogens is 452 g/mol. The summed E-state index contributed by atoms with van der Waals surface area (Å²) in [6.07, 6.45) is 0. The first-order chi connectivity index (χ1) is 11.8. The number of amides is 2. The van der Waals surface area contributed by atoms with Gasteiger partial charge in [-0.3, -0.25) is 9.59 Å². The quantitative estimate of drug-likeness (QED) is 0.712. The Morgan fingerprint density at radius 3 is 2.52 bits per heavy atom. The normalized spacial score (nSPS) is 10.3. The van der Waals surface area contributed by atoms with Gasteiger partial charge in [0.05, 0.1) is 4.47 Å². The molecule has 0 spiro atoms. The maximum Gasteiger partial charge on any atom is 0.262 e. The molecule has 0 bridgehead atoms. The third kappa shape index (κ3) is 5.31. The predicted molar refractivity (Wildman–Crippen MR) is 105 cm³/mol. The van der Waals surface area contributed by atoms with Gasteiger partial charge in [0.25, 0.3) is 11.8 Å². The largest absolute Gasteiger partial charge is 0.482 e. The van der Waals surface area contributed by atoms with Crippen molar-refractivity contribution in [2.45, 2.75) is 6.92 Å². The maximum atomic E-state index is 12.1. The van der Waals surface area contributed by atoms with Crippen LogP contribution in [0.15, 0.2) is 45.3 Å². The Labute approximate surface area is 163 Å². The Bertz CT molecular complexity index is 784. The zero-order chi connectivity index (χ0) is 18.6. The molecule has 0 saturated carbocycles. The van der Waals surface area contributed by atoms with E-state index < -0.39 is 0 Å². The highest BCUT2D eigenvalue weighted by atomic mass is 79.9. The van der Waals surface area contributed by atoms with Crippen molar-refractivity contribution in [2.75, 3.05) is 26.0 Å². The molecule has 2 aromatic carbocycles. The fraction of sp³-hybridized carbons (Fsp3) is 0.222. The molecule has 0 heterocycles. The average molecular weight is 470 g/mol. The zero-order valence-electron chi connectivity index (χ0n) is 14.1. The second-order valence-corrected chi connectivity index (χ2v) is 7.42. The van der Waals surface area contributed by atoms with Gasteiger partial charge in [-0.05, 0) is 58.7 Å². The van der Waals surface area contributed by atoms with Crippen molar-refractivity contribution in [3.63, 3.8) is 0 Å². The zero-order valence-corrected chi connectivity index (χ0v) is 17.3. The van der Waals surface area contributed by atoms with Crippen LogP contribution in [0.1, 0.15) is 15.9 Å². The second-order valence-electron chi connectivity index (χ2n) is 5.65. The minimum absolute atomic E-state index is 0.123. The van der Waals surface area contributed by atoms with Crippen molar-refractivity contribution in [3.8, 4) is 5.75 Å². The van der Waals surface area contributed by atoms with Crippen molar-refractivity contribution >= 4 is 49.4 Å². The molecule has 7 heteroatoms. The monoisotopic (exact) mass is 468 g/mol. The number of carbonyl (C=O) groups is 2. The van der Waals surface area contributed by atoms with Crippen molar-refractivity contribution in [2.24, 2.45) is 0 Å². The van der Waals surface area contributed by atoms with Gasteiger partial charge >= 0.3 is 0 Å². The van der Waals surface area contributed by atoms with Crippen LogP contribution >= 0.6 is 31.9 Å². The molecule has 0 atom stereocenters. The summed E-state index contributed by atoms with van der Waals surface area (Å²) in [5.41, 5.74) is 1.97. The number of hydrogen-bond acceptors (Lipinski definition) is 3. The van der Waals surface area contributed by atoms with Crippen LogP contribution in [0.3, 0.4) is 0 Å². The van der Waals surface area contributed by atoms with Gasteiger partial charge in [-0.15, -0.1) is 0 Å². The lowest BCUT2D eigenvalue weighted by Gasteiger charge is -2.13. The van der Waals surface area contributed by atoms with Crippen molar-refractivity contribution in [1.82, 2.24) is 4.90 Å². The molecule has 0 unspecified atom stereocenters. The molecule has 2 amide bonds. The predicted octanol–water partition coefficient (Wildman–Crippen LogP) is 4.24. The third-order valence-electron chi connectivity index (χ3n) is 3.34. The van der Waals surface area contributed by atoms with E-state index in [4.69, 9.17) is 4.74 Å². The highest BCUT2D eigenvalue weighted by Gasteiger charge is 2.12. The van der Waals surface area contributed by atoms with Crippen LogP contribution < -0.4 is 10.1 Å². The van der Waals surface area contributed by atoms with Gasteiger partial charge in [0.2, 0.25) is 0 Å². The van der Waals surface area contributed by atoms with Crippen LogP contribution in [0.4, 0.5) is 5.69 Å². The molecule has 2 aromatic rings. The number of aryl methyl sites for hydroxylation is 1. The number of rotatable bonds is 5. The van der Waals surface area contributed by atoms with E-state index in [0.717, 1.165) is 14.5 Å². The number of benzene rings is 2. The van der Waals surface area contributed by atoms with Crippen LogP contribution in [0.25, 0.3) is 0 Å². The lowest BCUT2D eigenvalue weighted by atomic mass is 10.2. The van der Waals surface area contributed by atoms with Gasteiger partial charge in [-0.2, -0.15) is 0 Å². The molecule has 5 nitrogen and oxygen atoms in total. The van der Waals surface area contributed by atoms with E-state index >= 15 is 0 Å². The van der Waals surface area contributed by atoms with Gasteiger partial charge in [-0.1, -0.05) is 22.0 Å². The van der Waals surface area contributed by atoms with Crippen molar-refractivity contribution in [3.05, 3.63) is 56.5 Å². The Balaban J connectivity index is 2.02. The molecule has 0 saturated heterocycles. The molecule has 0 aliphatic carbocycles. The number of nitrogens with one attached hydrogen (secondary N) is 1. The molecule has 0 aliphatic rings. The first-order valence-electron chi connectivity index (χ1n) is 7.48. The highest BCUT2D eigenvalue weighted by Crippen LogP contribution is 2.32. The van der Waals surface area contributed by atoms with Gasteiger partial charge in [0, 0.05) is 29.8 Å². The molecule has 1 N–H and O–H groups in total. The SMILES string of the molecule is Cc1cc(Br)cc(Br)c1OCC(=O)Nc1cccc(C(=O)N(C)C)c1. The molecule has 2 rings (SSSR count). The Kier molecular flexibility index (Phi) is 6.61. The van der Waals surface area contributed by atoms with E-state index in [-0.39, 0.29) is 18.4 Å². The summed E-state index contributed by atoms with van der Waals surface area (Å²) < 4.78 is 7.31. The van der Waals surface area contributed by atoms with E-state index in [0.29, 0.717) is 17.0 Å². The van der Waals surface area contributed by atoms with Crippen molar-refractivity contribution in [1.29, 1.82) is 0 Å². The number of hydrogen-bond donors (Lipinski definition) is 1. The third-order valence-corrected chi connectivity index (χ3v) is 4.39. The first kappa shape index (κ1) is 19.5. The van der Waals surface area contributed by atoms with E-state index in [2.05, 4.69) is 37.2 Å². The molecule has 0 aromatic heterocycles. The van der Waals surface area contributed by atoms with E-state index in [1.54, 1.807) is 38.4 Å². The fourth-order valence-electron chi connectivity index (χ4n) is 2.19. The summed E-state index contributed by atoms with van der Waals surface area (Å²) in [5, 5.41) is 2.74. The minimum atomic E-state index is -0.302. The number of carbonyl (C=O) groups excluding carboxylic acids is 2. The highest BCUT2D eigenvalue weighted by molar-refractivity contribution is 9.11. The Morgan fingerprint density at radius 2 is 1.88 bits per heavy atom. The Morgan fingerprint density at radius 1 is 1.16 bits per heavy atom. The summed E-state index contributed by atoms with van der Waals surface area (Å²) in [6, 6.07) is 10.6. The summed E-state index contributed by atoms with van der Waals surface area (Å²) in [5.74, 6) is 0.195. The lowest BCUT2D eigenvalue weighted by molar-refractivity contribution is -0.118. The van der Waals surface area contributed by atoms with Gasteiger partial charge in [0.1, 0.15) is 5.75 Å². The summed E-state index contributed by atoms with van der Waals surface area (Å²) in [6.45, 7) is 1.77. The van der Waals surface area contributed by atoms with Crippen LogP contribution in [0, 0.1) is 6.92 Å². The molecular formula is C18H18Br2N2O3. The lowest BCUT2D eigenvalue weighted by Crippen LogP contribution is -2.23. The standard InChI is InChI=1S/C18H18Br2N2O3/c1-11-7-13(19)9-15(20)17(11)25-10-16(23)21-14-6-4-5-12(8-14)18(24)22(2)3/h4-9H,10H2,1-3H3,(H,21,23). The molecule has 132 valence electrons. The first-order valence-corrected chi connectivity index (χ1v) is 9.06. The molecule has 0 aliphatic heterocycles. The van der Waals surface area contributed by atoms with Crippen LogP contribution in [-0.4, -0.2) is 37.4 Å². The van der Waals surface area contributed by atoms with Gasteiger partial charge < -0.3 is 15.0 Å². The number of halogens is 2. The number of nitrogens with zero attached hydrogens (tertiary/aromatic N) is 1. The number of anilines is 1. The smallest absolute Gasteiger partial charge is 0.262 e.